The third-order valence-electron chi connectivity index (χ3n) is 16.4. The Morgan fingerprint density at radius 1 is 0.632 bits per heavy atom. The van der Waals surface area contributed by atoms with Crippen molar-refractivity contribution in [2.24, 2.45) is 11.8 Å². The first kappa shape index (κ1) is 76.2. The number of aliphatic hydroxyl groups is 7. The summed E-state index contributed by atoms with van der Waals surface area (Å²) in [5.74, 6) is -2.25. The van der Waals surface area contributed by atoms with Crippen molar-refractivity contribution in [2.75, 3.05) is 79.6 Å². The van der Waals surface area contributed by atoms with Crippen LogP contribution in [-0.2, 0) is 74.9 Å². The molecule has 4 aliphatic heterocycles. The fourth-order valence-corrected chi connectivity index (χ4v) is 12.2. The molecule has 4 saturated heterocycles. The Kier molecular flexibility index (Phi) is 35.5. The van der Waals surface area contributed by atoms with Gasteiger partial charge in [-0.15, -0.1) is 9.05 Å². The van der Waals surface area contributed by atoms with Gasteiger partial charge in [-0.1, -0.05) is 33.1 Å². The van der Waals surface area contributed by atoms with E-state index in [4.69, 9.17) is 37.0 Å². The highest BCUT2D eigenvalue weighted by molar-refractivity contribution is 7.52. The predicted molar refractivity (Wildman–Crippen MR) is 313 cm³/mol. The van der Waals surface area contributed by atoms with E-state index in [1.165, 1.54) is 25.6 Å². The monoisotopic (exact) mass is 1290 g/mol. The number of rotatable bonds is 43. The molecular formula is C57H102N5O23P2+. The van der Waals surface area contributed by atoms with Crippen LogP contribution in [0.3, 0.4) is 0 Å². The first-order chi connectivity index (χ1) is 41.5. The van der Waals surface area contributed by atoms with Crippen LogP contribution in [0.5, 0.6) is 0 Å². The van der Waals surface area contributed by atoms with E-state index in [0.29, 0.717) is 103 Å². The molecule has 4 rings (SSSR count). The van der Waals surface area contributed by atoms with Crippen LogP contribution in [0.1, 0.15) is 156 Å². The molecule has 0 saturated carbocycles. The molecule has 5 amide bonds. The molecule has 0 aliphatic carbocycles. The van der Waals surface area contributed by atoms with Crippen molar-refractivity contribution in [1.82, 2.24) is 25.8 Å². The minimum atomic E-state index is -3.38. The topological polar surface area (TPSA) is 395 Å². The first-order valence-corrected chi connectivity index (χ1v) is 34.2. The average molecular weight is 1290 g/mol. The highest BCUT2D eigenvalue weighted by Crippen LogP contribution is 2.44. The second kappa shape index (κ2) is 40.6. The molecule has 502 valence electrons. The van der Waals surface area contributed by atoms with Crippen molar-refractivity contribution in [2.45, 2.75) is 235 Å². The Hall–Kier alpha value is -3.25. The highest BCUT2D eigenvalue weighted by atomic mass is 31.2. The lowest BCUT2D eigenvalue weighted by Gasteiger charge is -2.40. The molecule has 30 heteroatoms. The molecule has 10 N–H and O–H groups in total. The number of carbonyl (C=O) groups is 6. The van der Waals surface area contributed by atoms with Crippen LogP contribution in [0.4, 0.5) is 0 Å². The lowest BCUT2D eigenvalue weighted by atomic mass is 9.92. The number of ketones is 1. The molecule has 4 heterocycles. The molecule has 4 fully saturated rings. The van der Waals surface area contributed by atoms with Crippen molar-refractivity contribution in [1.29, 1.82) is 0 Å². The van der Waals surface area contributed by atoms with Crippen molar-refractivity contribution >= 4 is 51.2 Å². The largest absolute Gasteiger partial charge is 0.697 e. The Labute approximate surface area is 512 Å². The minimum absolute atomic E-state index is 0.0721. The highest BCUT2D eigenvalue weighted by Gasteiger charge is 2.45. The maximum atomic E-state index is 13.7. The number of hydrogen-bond donors (Lipinski definition) is 10. The molecule has 13 unspecified atom stereocenters. The van der Waals surface area contributed by atoms with E-state index in [0.717, 1.165) is 0 Å². The summed E-state index contributed by atoms with van der Waals surface area (Å²) in [5.41, 5.74) is 0. The van der Waals surface area contributed by atoms with Gasteiger partial charge in [0.1, 0.15) is 37.1 Å². The van der Waals surface area contributed by atoms with Gasteiger partial charge in [0.05, 0.1) is 62.8 Å². The molecule has 87 heavy (non-hydrogen) atoms. The third kappa shape index (κ3) is 27.2. The van der Waals surface area contributed by atoms with Gasteiger partial charge in [0, 0.05) is 108 Å². The van der Waals surface area contributed by atoms with Crippen molar-refractivity contribution < 1.29 is 111 Å². The summed E-state index contributed by atoms with van der Waals surface area (Å²) in [6.07, 6.45) is -1.04. The maximum Gasteiger partial charge on any atom is 0.697 e. The van der Waals surface area contributed by atoms with Crippen LogP contribution in [-0.4, -0.2) is 240 Å². The quantitative estimate of drug-likeness (QED) is 0.0308. The number of hydrogen-bond acceptors (Lipinski definition) is 23. The van der Waals surface area contributed by atoms with Crippen molar-refractivity contribution in [3.8, 4) is 0 Å². The van der Waals surface area contributed by atoms with Crippen LogP contribution >= 0.6 is 15.9 Å². The second-order valence-electron chi connectivity index (χ2n) is 23.4. The number of amides is 5. The van der Waals surface area contributed by atoms with Crippen LogP contribution in [0.25, 0.3) is 0 Å². The SMILES string of the molecule is COP(C)(=O)OC[C@@H]1CC(O[P+](=O)OC[C@@H]2C[C@@H](O)CN2C(=O)CCCCCCC(=O)[C@H](CCCCNC(=O)CCCCOC2OC(CO)C(O)C(O)C2C)NC(=O)CCCCOC2OC(CO)C(O)C(O)C2C)CN1C(=O)CCCCCNC(C)=O. The number of nitrogens with zero attached hydrogens (tertiary/aromatic N) is 2. The Morgan fingerprint density at radius 3 is 1.70 bits per heavy atom. The van der Waals surface area contributed by atoms with Gasteiger partial charge in [0.2, 0.25) is 29.5 Å². The molecule has 0 spiro atoms. The van der Waals surface area contributed by atoms with Gasteiger partial charge >= 0.3 is 15.9 Å². The van der Waals surface area contributed by atoms with Crippen molar-refractivity contribution in [3.63, 3.8) is 0 Å². The smallest absolute Gasteiger partial charge is 0.394 e. The van der Waals surface area contributed by atoms with Crippen molar-refractivity contribution in [3.05, 3.63) is 0 Å². The lowest BCUT2D eigenvalue weighted by Crippen LogP contribution is -2.55. The van der Waals surface area contributed by atoms with E-state index >= 15 is 0 Å². The standard InChI is InChI=1S/C57H101N5O23P2/c1-37-52(72)54(74)46(33-63)83-56(37)79-27-17-13-21-48(68)59-26-16-12-19-44(60-49(69)22-14-18-28-80-57-38(2)53(73)55(75)47(34-64)84-57)45(67)20-9-6-7-10-23-50(70)61-31-42(66)29-40(61)35-81-86(76)85-43-30-41(36-82-87(5,77)78-4)62(32-43)51(71)24-11-8-15-25-58-39(3)65/h37-38,40-44,46-47,52-57,63-64,66,72-75H,6-36H2,1-5H3,(H2-,58,59,60,65,68,69)/p+1/t37?,38?,40-,41-,42+,43?,44-,46?,47?,52?,53?,54?,55?,56?,57?,87?/m0/s1. The van der Waals surface area contributed by atoms with Gasteiger partial charge in [0.25, 0.3) is 0 Å². The zero-order valence-corrected chi connectivity index (χ0v) is 53.3. The zero-order valence-electron chi connectivity index (χ0n) is 51.5. The Balaban J connectivity index is 1.18. The lowest BCUT2D eigenvalue weighted by molar-refractivity contribution is -0.282. The normalized spacial score (nSPS) is 28.7. The van der Waals surface area contributed by atoms with Gasteiger partial charge in [0.15, 0.2) is 18.4 Å². The summed E-state index contributed by atoms with van der Waals surface area (Å²) in [7, 11) is -4.83. The number of likely N-dealkylation sites (tertiary alicyclic amines) is 2. The molecule has 0 aromatic carbocycles. The molecule has 0 radical (unpaired) electrons. The predicted octanol–water partition coefficient (Wildman–Crippen LogP) is 2.00. The van der Waals surface area contributed by atoms with Crippen LogP contribution < -0.4 is 16.0 Å². The number of β-amino-alcohol motifs (C(OH)–C–C–N with tert-alkyl or cyclic N) is 1. The number of carbonyl (C=O) groups excluding carboxylic acids is 6. The Bertz CT molecular complexity index is 2150. The molecular weight excluding hydrogens is 1180 g/mol. The molecule has 4 aliphatic rings. The molecule has 0 aromatic heterocycles. The van der Waals surface area contributed by atoms with E-state index in [1.54, 1.807) is 18.7 Å². The number of nitrogens with one attached hydrogen (secondary N) is 3. The maximum absolute atomic E-state index is 13.7. The van der Waals surface area contributed by atoms with Gasteiger partial charge in [-0.2, -0.15) is 0 Å². The van der Waals surface area contributed by atoms with Crippen LogP contribution in [0, 0.1) is 11.8 Å². The average Bonchev–Trinajstić information content (AvgIpc) is 1.82. The fraction of sp³-hybridized carbons (Fsp3) is 0.895. The summed E-state index contributed by atoms with van der Waals surface area (Å²) in [6, 6.07) is -1.88. The number of aliphatic hydroxyl groups excluding tert-OH is 7. The van der Waals surface area contributed by atoms with Gasteiger partial charge in [-0.25, -0.2) is 0 Å². The van der Waals surface area contributed by atoms with E-state index in [2.05, 4.69) is 16.0 Å². The molecule has 0 aromatic rings. The summed E-state index contributed by atoms with van der Waals surface area (Å²) in [5, 5.41) is 78.9. The summed E-state index contributed by atoms with van der Waals surface area (Å²) in [6.45, 7) is 6.29. The van der Waals surface area contributed by atoms with E-state index in [-0.39, 0.29) is 120 Å². The molecule has 17 atom stereocenters. The molecule has 0 bridgehead atoms. The van der Waals surface area contributed by atoms with Gasteiger partial charge in [-0.05, 0) is 77.0 Å². The third-order valence-corrected chi connectivity index (χ3v) is 18.5. The van der Waals surface area contributed by atoms with Gasteiger partial charge < -0.3 is 89.5 Å². The summed E-state index contributed by atoms with van der Waals surface area (Å²) >= 11 is 0. The van der Waals surface area contributed by atoms with Gasteiger partial charge in [-0.3, -0.25) is 33.3 Å². The summed E-state index contributed by atoms with van der Waals surface area (Å²) in [4.78, 5) is 80.5. The first-order valence-electron chi connectivity index (χ1n) is 31.1. The number of unbranched alkanes of at least 4 members (excludes halogenated alkanes) is 8. The fourth-order valence-electron chi connectivity index (χ4n) is 10.9. The van der Waals surface area contributed by atoms with Crippen LogP contribution in [0.2, 0.25) is 0 Å². The summed E-state index contributed by atoms with van der Waals surface area (Å²) < 4.78 is 70.2. The van der Waals surface area contributed by atoms with Crippen LogP contribution in [0.15, 0.2) is 0 Å². The second-order valence-corrected chi connectivity index (χ2v) is 26.5. The van der Waals surface area contributed by atoms with E-state index in [1.807, 2.05) is 0 Å². The minimum Gasteiger partial charge on any atom is -0.394 e. The number of ether oxygens (including phenoxy) is 4. The number of Topliss-reactive ketones (excluding diaryl/α,β-unsaturated/α-hetero) is 1. The zero-order chi connectivity index (χ0) is 64.1. The van der Waals surface area contributed by atoms with E-state index < -0.39 is 120 Å². The Morgan fingerprint density at radius 2 is 1.14 bits per heavy atom. The molecule has 28 nitrogen and oxygen atoms in total. The van der Waals surface area contributed by atoms with E-state index in [9.17, 15) is 73.6 Å².